The van der Waals surface area contributed by atoms with Crippen LogP contribution >= 0.6 is 0 Å². The number of ether oxygens (including phenoxy) is 1. The zero-order valence-electron chi connectivity index (χ0n) is 17.3. The Morgan fingerprint density at radius 1 is 1.23 bits per heavy atom. The Labute approximate surface area is 158 Å². The summed E-state index contributed by atoms with van der Waals surface area (Å²) in [6.45, 7) is 13.7. The number of nitrogens with one attached hydrogen (secondary N) is 1. The van der Waals surface area contributed by atoms with E-state index in [4.69, 9.17) is 4.74 Å². The van der Waals surface area contributed by atoms with Gasteiger partial charge in [-0.1, -0.05) is 31.9 Å². The van der Waals surface area contributed by atoms with E-state index in [2.05, 4.69) is 12.2 Å². The number of hydrogen-bond donors (Lipinski definition) is 1. The van der Waals surface area contributed by atoms with Crippen LogP contribution in [0.3, 0.4) is 0 Å². The van der Waals surface area contributed by atoms with E-state index < -0.39 is 11.7 Å². The van der Waals surface area contributed by atoms with Crippen molar-refractivity contribution in [2.45, 2.75) is 79.4 Å². The maximum absolute atomic E-state index is 12.3. The number of aryl methyl sites for hydroxylation is 1. The van der Waals surface area contributed by atoms with Gasteiger partial charge in [0.05, 0.1) is 6.04 Å². The maximum Gasteiger partial charge on any atom is 0.407 e. The summed E-state index contributed by atoms with van der Waals surface area (Å²) >= 11 is 0. The first-order valence-electron chi connectivity index (χ1n) is 9.39. The van der Waals surface area contributed by atoms with Gasteiger partial charge in [0.1, 0.15) is 5.60 Å². The smallest absolute Gasteiger partial charge is 0.407 e. The largest absolute Gasteiger partial charge is 0.444 e. The van der Waals surface area contributed by atoms with Crippen molar-refractivity contribution in [3.8, 4) is 0 Å². The Hall–Kier alpha value is -2.04. The number of carbonyl (C=O) groups excluding carboxylic acids is 2. The molecular weight excluding hydrogens is 328 g/mol. The highest BCUT2D eigenvalue weighted by atomic mass is 16.6. The molecule has 0 aliphatic heterocycles. The minimum Gasteiger partial charge on any atom is -0.444 e. The first kappa shape index (κ1) is 22.0. The van der Waals surface area contributed by atoms with Crippen molar-refractivity contribution in [3.05, 3.63) is 29.3 Å². The first-order chi connectivity index (χ1) is 12.0. The van der Waals surface area contributed by atoms with E-state index in [9.17, 15) is 9.59 Å². The molecule has 0 saturated heterocycles. The van der Waals surface area contributed by atoms with Crippen LogP contribution in [0.1, 0.15) is 65.0 Å². The standard InChI is InChI=1S/C21H34N2O3/c1-8-9-12-18(22-20(25)26-21(5,6)7)14-23(17(4)24)19-13-10-11-15(2)16(19)3/h10-11,13,18H,8-9,12,14H2,1-7H3,(H,22,25)/t18-/m0/s1. The summed E-state index contributed by atoms with van der Waals surface area (Å²) in [5.74, 6) is -0.0359. The molecule has 0 heterocycles. The fourth-order valence-electron chi connectivity index (χ4n) is 2.78. The van der Waals surface area contributed by atoms with Crippen LogP contribution < -0.4 is 10.2 Å². The van der Waals surface area contributed by atoms with Crippen molar-refractivity contribution >= 4 is 17.7 Å². The van der Waals surface area contributed by atoms with E-state index in [0.717, 1.165) is 36.1 Å². The van der Waals surface area contributed by atoms with Crippen LogP contribution in [0.5, 0.6) is 0 Å². The second kappa shape index (κ2) is 9.60. The van der Waals surface area contributed by atoms with Gasteiger partial charge in [0.25, 0.3) is 0 Å². The molecule has 146 valence electrons. The van der Waals surface area contributed by atoms with Crippen molar-refractivity contribution in [2.24, 2.45) is 0 Å². The molecule has 0 radical (unpaired) electrons. The molecule has 0 aromatic heterocycles. The molecule has 1 N–H and O–H groups in total. The van der Waals surface area contributed by atoms with E-state index in [1.807, 2.05) is 52.8 Å². The quantitative estimate of drug-likeness (QED) is 0.762. The summed E-state index contributed by atoms with van der Waals surface area (Å²) in [4.78, 5) is 26.3. The molecule has 1 aromatic rings. The van der Waals surface area contributed by atoms with Crippen LogP contribution in [-0.4, -0.2) is 30.2 Å². The van der Waals surface area contributed by atoms with Crippen LogP contribution in [0.15, 0.2) is 18.2 Å². The Bertz CT molecular complexity index is 620. The summed E-state index contributed by atoms with van der Waals surface area (Å²) in [5, 5.41) is 2.94. The summed E-state index contributed by atoms with van der Waals surface area (Å²) in [7, 11) is 0. The molecule has 0 spiro atoms. The number of alkyl carbamates (subject to hydrolysis) is 1. The Morgan fingerprint density at radius 3 is 2.42 bits per heavy atom. The van der Waals surface area contributed by atoms with Crippen molar-refractivity contribution in [2.75, 3.05) is 11.4 Å². The maximum atomic E-state index is 12.3. The number of rotatable bonds is 7. The zero-order valence-corrected chi connectivity index (χ0v) is 17.3. The first-order valence-corrected chi connectivity index (χ1v) is 9.39. The molecule has 0 fully saturated rings. The number of anilines is 1. The zero-order chi connectivity index (χ0) is 19.9. The van der Waals surface area contributed by atoms with Crippen LogP contribution in [0.2, 0.25) is 0 Å². The molecule has 0 bridgehead atoms. The van der Waals surface area contributed by atoms with Crippen molar-refractivity contribution < 1.29 is 14.3 Å². The molecule has 5 heteroatoms. The van der Waals surface area contributed by atoms with Crippen LogP contribution in [0.4, 0.5) is 10.5 Å². The molecule has 0 aliphatic carbocycles. The van der Waals surface area contributed by atoms with Gasteiger partial charge in [-0.3, -0.25) is 4.79 Å². The Morgan fingerprint density at radius 2 is 1.88 bits per heavy atom. The van der Waals surface area contributed by atoms with E-state index in [1.54, 1.807) is 11.8 Å². The van der Waals surface area contributed by atoms with Crippen molar-refractivity contribution in [3.63, 3.8) is 0 Å². The molecule has 0 unspecified atom stereocenters. The average Bonchev–Trinajstić information content (AvgIpc) is 2.50. The monoisotopic (exact) mass is 362 g/mol. The van der Waals surface area contributed by atoms with Crippen molar-refractivity contribution in [1.29, 1.82) is 0 Å². The molecule has 5 nitrogen and oxygen atoms in total. The predicted octanol–water partition coefficient (Wildman–Crippen LogP) is 4.74. The third kappa shape index (κ3) is 7.06. The van der Waals surface area contributed by atoms with Gasteiger partial charge in [-0.25, -0.2) is 4.79 Å². The SMILES string of the molecule is CCCC[C@@H](CN(C(C)=O)c1cccc(C)c1C)NC(=O)OC(C)(C)C. The molecule has 0 saturated carbocycles. The summed E-state index contributed by atoms with van der Waals surface area (Å²) in [5.41, 5.74) is 2.56. The number of hydrogen-bond acceptors (Lipinski definition) is 3. The molecule has 1 atom stereocenters. The van der Waals surface area contributed by atoms with Gasteiger partial charge in [-0.05, 0) is 58.2 Å². The number of amides is 2. The lowest BCUT2D eigenvalue weighted by Crippen LogP contribution is -2.47. The number of unbranched alkanes of at least 4 members (excludes halogenated alkanes) is 1. The Kier molecular flexibility index (Phi) is 8.12. The average molecular weight is 363 g/mol. The van der Waals surface area contributed by atoms with Gasteiger partial charge < -0.3 is 15.0 Å². The molecule has 26 heavy (non-hydrogen) atoms. The van der Waals surface area contributed by atoms with E-state index in [0.29, 0.717) is 6.54 Å². The fourth-order valence-corrected chi connectivity index (χ4v) is 2.78. The van der Waals surface area contributed by atoms with E-state index in [1.165, 1.54) is 0 Å². The summed E-state index contributed by atoms with van der Waals surface area (Å²) < 4.78 is 5.39. The van der Waals surface area contributed by atoms with Crippen LogP contribution in [-0.2, 0) is 9.53 Å². The predicted molar refractivity (Wildman–Crippen MR) is 107 cm³/mol. The fraction of sp³-hybridized carbons (Fsp3) is 0.619. The third-order valence-corrected chi connectivity index (χ3v) is 4.28. The highest BCUT2D eigenvalue weighted by molar-refractivity contribution is 5.92. The normalized spacial score (nSPS) is 12.4. The van der Waals surface area contributed by atoms with Gasteiger partial charge in [0.15, 0.2) is 0 Å². The van der Waals surface area contributed by atoms with E-state index in [-0.39, 0.29) is 11.9 Å². The second-order valence-electron chi connectivity index (χ2n) is 7.83. The lowest BCUT2D eigenvalue weighted by Gasteiger charge is -2.30. The highest BCUT2D eigenvalue weighted by Gasteiger charge is 2.23. The van der Waals surface area contributed by atoms with E-state index >= 15 is 0 Å². The van der Waals surface area contributed by atoms with Gasteiger partial charge in [0, 0.05) is 19.2 Å². The number of benzene rings is 1. The molecule has 1 rings (SSSR count). The lowest BCUT2D eigenvalue weighted by molar-refractivity contribution is -0.116. The highest BCUT2D eigenvalue weighted by Crippen LogP contribution is 2.24. The summed E-state index contributed by atoms with van der Waals surface area (Å²) in [6, 6.07) is 5.78. The lowest BCUT2D eigenvalue weighted by atomic mass is 10.1. The minimum absolute atomic E-state index is 0.0359. The molecular formula is C21H34N2O3. The Balaban J connectivity index is 2.99. The molecule has 2 amide bonds. The van der Waals surface area contributed by atoms with Crippen molar-refractivity contribution in [1.82, 2.24) is 5.32 Å². The molecule has 0 aliphatic rings. The van der Waals surface area contributed by atoms with Gasteiger partial charge in [-0.2, -0.15) is 0 Å². The van der Waals surface area contributed by atoms with Gasteiger partial charge in [-0.15, -0.1) is 0 Å². The topological polar surface area (TPSA) is 58.6 Å². The second-order valence-corrected chi connectivity index (χ2v) is 7.83. The van der Waals surface area contributed by atoms with Crippen LogP contribution in [0.25, 0.3) is 0 Å². The van der Waals surface area contributed by atoms with Crippen LogP contribution in [0, 0.1) is 13.8 Å². The third-order valence-electron chi connectivity index (χ3n) is 4.28. The number of nitrogens with zero attached hydrogens (tertiary/aromatic N) is 1. The van der Waals surface area contributed by atoms with Gasteiger partial charge >= 0.3 is 6.09 Å². The molecule has 1 aromatic carbocycles. The summed E-state index contributed by atoms with van der Waals surface area (Å²) in [6.07, 6.45) is 2.35. The van der Waals surface area contributed by atoms with Gasteiger partial charge in [0.2, 0.25) is 5.91 Å². The minimum atomic E-state index is -0.549. The number of carbonyl (C=O) groups is 2.